The number of hydrogen-bond donors (Lipinski definition) is 3. The number of nitrogens with one attached hydrogen (secondary N) is 1. The Balaban J connectivity index is 2.60. The first-order valence-corrected chi connectivity index (χ1v) is 4.68. The lowest BCUT2D eigenvalue weighted by atomic mass is 10.2. The number of rotatable bonds is 4. The third kappa shape index (κ3) is 3.18. The molecular formula is C9H9ClN2O4. The van der Waals surface area contributed by atoms with Gasteiger partial charge < -0.3 is 15.5 Å². The summed E-state index contributed by atoms with van der Waals surface area (Å²) in [4.78, 5) is 25.4. The fraction of sp³-hybridized carbons (Fsp3) is 0.222. The lowest BCUT2D eigenvalue weighted by Crippen LogP contribution is -2.36. The Morgan fingerprint density at radius 1 is 1.56 bits per heavy atom. The van der Waals surface area contributed by atoms with Crippen molar-refractivity contribution < 1.29 is 19.8 Å². The average molecular weight is 245 g/mol. The quantitative estimate of drug-likeness (QED) is 0.687. The van der Waals surface area contributed by atoms with Gasteiger partial charge in [0.1, 0.15) is 0 Å². The normalized spacial score (nSPS) is 11.9. The molecule has 16 heavy (non-hydrogen) atoms. The van der Waals surface area contributed by atoms with Crippen molar-refractivity contribution >= 4 is 23.5 Å². The fourth-order valence-corrected chi connectivity index (χ4v) is 1.11. The Morgan fingerprint density at radius 3 is 2.81 bits per heavy atom. The van der Waals surface area contributed by atoms with Crippen molar-refractivity contribution in [2.45, 2.75) is 6.10 Å². The molecule has 0 aliphatic rings. The third-order valence-electron chi connectivity index (χ3n) is 1.75. The first kappa shape index (κ1) is 12.4. The number of carbonyl (C=O) groups excluding carboxylic acids is 1. The summed E-state index contributed by atoms with van der Waals surface area (Å²) in [6.07, 6.45) is 1.04. The first-order chi connectivity index (χ1) is 7.52. The topological polar surface area (TPSA) is 99.5 Å². The van der Waals surface area contributed by atoms with Crippen molar-refractivity contribution in [1.29, 1.82) is 0 Å². The number of aliphatic carboxylic acids is 1. The van der Waals surface area contributed by atoms with Gasteiger partial charge in [0.25, 0.3) is 5.91 Å². The number of carboxylic acids is 1. The molecule has 6 nitrogen and oxygen atoms in total. The van der Waals surface area contributed by atoms with Crippen molar-refractivity contribution in [1.82, 2.24) is 10.3 Å². The summed E-state index contributed by atoms with van der Waals surface area (Å²) in [5.74, 6) is -1.99. The van der Waals surface area contributed by atoms with Gasteiger partial charge in [0.15, 0.2) is 6.10 Å². The van der Waals surface area contributed by atoms with Crippen molar-refractivity contribution in [2.24, 2.45) is 0 Å². The Bertz CT molecular complexity index is 410. The van der Waals surface area contributed by atoms with E-state index in [0.717, 1.165) is 0 Å². The summed E-state index contributed by atoms with van der Waals surface area (Å²) >= 11 is 5.72. The van der Waals surface area contributed by atoms with Crippen LogP contribution in [0, 0.1) is 0 Å². The first-order valence-electron chi connectivity index (χ1n) is 4.31. The molecule has 0 aromatic carbocycles. The zero-order valence-corrected chi connectivity index (χ0v) is 8.81. The molecule has 0 radical (unpaired) electrons. The van der Waals surface area contributed by atoms with Crippen molar-refractivity contribution in [3.63, 3.8) is 0 Å². The average Bonchev–Trinajstić information content (AvgIpc) is 2.25. The molecule has 0 spiro atoms. The Labute approximate surface area is 95.9 Å². The van der Waals surface area contributed by atoms with Crippen LogP contribution in [-0.2, 0) is 4.79 Å². The molecule has 0 unspecified atom stereocenters. The predicted molar refractivity (Wildman–Crippen MR) is 55.2 cm³/mol. The third-order valence-corrected chi connectivity index (χ3v) is 2.08. The minimum absolute atomic E-state index is 0.127. The molecule has 0 bridgehead atoms. The molecule has 0 aliphatic heterocycles. The molecule has 1 heterocycles. The van der Waals surface area contributed by atoms with Crippen molar-refractivity contribution in [2.75, 3.05) is 6.54 Å². The SMILES string of the molecule is O=C(NC[C@H](O)C(=O)O)c1cnccc1Cl. The van der Waals surface area contributed by atoms with Crippen LogP contribution in [0.1, 0.15) is 10.4 Å². The van der Waals surface area contributed by atoms with Gasteiger partial charge in [0.05, 0.1) is 17.1 Å². The van der Waals surface area contributed by atoms with E-state index in [-0.39, 0.29) is 17.1 Å². The number of carbonyl (C=O) groups is 2. The van der Waals surface area contributed by atoms with Gasteiger partial charge in [-0.25, -0.2) is 4.79 Å². The number of carboxylic acid groups (broad SMARTS) is 1. The van der Waals surface area contributed by atoms with E-state index >= 15 is 0 Å². The maximum Gasteiger partial charge on any atom is 0.334 e. The van der Waals surface area contributed by atoms with E-state index in [1.54, 1.807) is 0 Å². The monoisotopic (exact) mass is 244 g/mol. The van der Waals surface area contributed by atoms with E-state index < -0.39 is 18.0 Å². The molecule has 0 saturated carbocycles. The van der Waals surface area contributed by atoms with Gasteiger partial charge in [0.2, 0.25) is 0 Å². The molecule has 0 saturated heterocycles. The molecule has 1 aromatic heterocycles. The minimum Gasteiger partial charge on any atom is -0.479 e. The molecule has 3 N–H and O–H groups in total. The number of hydrogen-bond acceptors (Lipinski definition) is 4. The summed E-state index contributed by atoms with van der Waals surface area (Å²) < 4.78 is 0. The van der Waals surface area contributed by atoms with E-state index in [9.17, 15) is 9.59 Å². The van der Waals surface area contributed by atoms with E-state index in [2.05, 4.69) is 10.3 Å². The summed E-state index contributed by atoms with van der Waals surface area (Å²) in [6.45, 7) is -0.389. The minimum atomic E-state index is -1.64. The number of pyridine rings is 1. The second kappa shape index (κ2) is 5.43. The van der Waals surface area contributed by atoms with Crippen LogP contribution in [-0.4, -0.2) is 39.7 Å². The highest BCUT2D eigenvalue weighted by molar-refractivity contribution is 6.33. The van der Waals surface area contributed by atoms with Gasteiger partial charge in [-0.15, -0.1) is 0 Å². The molecule has 0 fully saturated rings. The highest BCUT2D eigenvalue weighted by atomic mass is 35.5. The van der Waals surface area contributed by atoms with Gasteiger partial charge in [0, 0.05) is 12.4 Å². The fourth-order valence-electron chi connectivity index (χ4n) is 0.916. The van der Waals surface area contributed by atoms with Crippen LogP contribution in [0.25, 0.3) is 0 Å². The largest absolute Gasteiger partial charge is 0.479 e. The van der Waals surface area contributed by atoms with Gasteiger partial charge in [-0.3, -0.25) is 9.78 Å². The smallest absolute Gasteiger partial charge is 0.334 e. The van der Waals surface area contributed by atoms with Crippen molar-refractivity contribution in [3.05, 3.63) is 29.0 Å². The molecule has 86 valence electrons. The summed E-state index contributed by atoms with van der Waals surface area (Å²) in [6, 6.07) is 1.43. The number of aromatic nitrogens is 1. The van der Waals surface area contributed by atoms with E-state index in [1.807, 2.05) is 0 Å². The predicted octanol–water partition coefficient (Wildman–Crippen LogP) is -0.0897. The van der Waals surface area contributed by atoms with E-state index in [4.69, 9.17) is 21.8 Å². The molecule has 1 atom stereocenters. The Kier molecular flexibility index (Phi) is 4.21. The van der Waals surface area contributed by atoms with Crippen molar-refractivity contribution in [3.8, 4) is 0 Å². The van der Waals surface area contributed by atoms with Crippen LogP contribution in [0.5, 0.6) is 0 Å². The second-order valence-corrected chi connectivity index (χ2v) is 3.33. The Hall–Kier alpha value is -1.66. The number of nitrogens with zero attached hydrogens (tertiary/aromatic N) is 1. The van der Waals surface area contributed by atoms with Crippen LogP contribution < -0.4 is 5.32 Å². The Morgan fingerprint density at radius 2 is 2.25 bits per heavy atom. The lowest BCUT2D eigenvalue weighted by Gasteiger charge is -2.08. The molecule has 1 rings (SSSR count). The lowest BCUT2D eigenvalue weighted by molar-refractivity contribution is -0.146. The summed E-state index contributed by atoms with van der Waals surface area (Å²) in [5, 5.41) is 19.7. The number of amides is 1. The van der Waals surface area contributed by atoms with Crippen LogP contribution in [0.3, 0.4) is 0 Å². The maximum absolute atomic E-state index is 11.5. The molecule has 7 heteroatoms. The van der Waals surface area contributed by atoms with Crippen LogP contribution in [0.2, 0.25) is 5.02 Å². The van der Waals surface area contributed by atoms with Crippen LogP contribution in [0.4, 0.5) is 0 Å². The second-order valence-electron chi connectivity index (χ2n) is 2.92. The van der Waals surface area contributed by atoms with Crippen LogP contribution >= 0.6 is 11.6 Å². The maximum atomic E-state index is 11.5. The van der Waals surface area contributed by atoms with Gasteiger partial charge in [-0.2, -0.15) is 0 Å². The number of aliphatic hydroxyl groups is 1. The number of halogens is 1. The molecule has 1 aromatic rings. The molecular weight excluding hydrogens is 236 g/mol. The summed E-state index contributed by atoms with van der Waals surface area (Å²) in [7, 11) is 0. The van der Waals surface area contributed by atoms with Gasteiger partial charge in [-0.05, 0) is 6.07 Å². The zero-order chi connectivity index (χ0) is 12.1. The highest BCUT2D eigenvalue weighted by Crippen LogP contribution is 2.12. The van der Waals surface area contributed by atoms with E-state index in [1.165, 1.54) is 18.5 Å². The molecule has 0 aliphatic carbocycles. The standard InChI is InChI=1S/C9H9ClN2O4/c10-6-1-2-11-3-5(6)8(14)12-4-7(13)9(15)16/h1-3,7,13H,4H2,(H,12,14)(H,15,16)/t7-/m0/s1. The van der Waals surface area contributed by atoms with Gasteiger partial charge in [-0.1, -0.05) is 11.6 Å². The zero-order valence-electron chi connectivity index (χ0n) is 8.05. The highest BCUT2D eigenvalue weighted by Gasteiger charge is 2.16. The number of aliphatic hydroxyl groups excluding tert-OH is 1. The van der Waals surface area contributed by atoms with Gasteiger partial charge >= 0.3 is 5.97 Å². The van der Waals surface area contributed by atoms with E-state index in [0.29, 0.717) is 0 Å². The van der Waals surface area contributed by atoms with Crippen LogP contribution in [0.15, 0.2) is 18.5 Å². The summed E-state index contributed by atoms with van der Waals surface area (Å²) in [5.41, 5.74) is 0.127. The molecule has 1 amide bonds.